The Balaban J connectivity index is -0.0000000708. The molecule has 1 atom stereocenters. The summed E-state index contributed by atoms with van der Waals surface area (Å²) in [5, 5.41) is 0. The molecular weight excluding hydrogens is 170 g/mol. The lowest BCUT2D eigenvalue weighted by Gasteiger charge is -2.13. The topological polar surface area (TPSA) is 3.24 Å². The van der Waals surface area contributed by atoms with Crippen LogP contribution < -0.4 is 0 Å². The van der Waals surface area contributed by atoms with Gasteiger partial charge in [-0.15, -0.1) is 0 Å². The van der Waals surface area contributed by atoms with Crippen molar-refractivity contribution in [1.82, 2.24) is 4.90 Å². The first-order chi connectivity index (χ1) is 6.66. The zero-order chi connectivity index (χ0) is 12.6. The van der Waals surface area contributed by atoms with Crippen LogP contribution >= 0.6 is 0 Å². The van der Waals surface area contributed by atoms with Crippen molar-refractivity contribution in [1.29, 1.82) is 0 Å². The first-order valence-electron chi connectivity index (χ1n) is 6.31. The van der Waals surface area contributed by atoms with Gasteiger partial charge in [0.2, 0.25) is 0 Å². The minimum atomic E-state index is 0.852. The summed E-state index contributed by atoms with van der Waals surface area (Å²) in [6.45, 7) is 17.7. The van der Waals surface area contributed by atoms with E-state index >= 15 is 0 Å². The van der Waals surface area contributed by atoms with Crippen molar-refractivity contribution in [3.05, 3.63) is 0 Å². The third-order valence-corrected chi connectivity index (χ3v) is 1.37. The van der Waals surface area contributed by atoms with Gasteiger partial charge in [0.15, 0.2) is 0 Å². The molecule has 92 valence electrons. The molecule has 1 unspecified atom stereocenters. The van der Waals surface area contributed by atoms with Crippen LogP contribution in [0.3, 0.4) is 0 Å². The number of nitrogens with zero attached hydrogens (tertiary/aromatic N) is 1. The summed E-state index contributed by atoms with van der Waals surface area (Å²) in [7, 11) is 4.23. The molecule has 1 nitrogen and oxygen atoms in total. The molecular formula is C13H35N. The van der Waals surface area contributed by atoms with Gasteiger partial charge in [-0.3, -0.25) is 0 Å². The number of hydrogen-bond acceptors (Lipinski definition) is 1. The van der Waals surface area contributed by atoms with E-state index in [2.05, 4.69) is 32.8 Å². The van der Waals surface area contributed by atoms with Crippen LogP contribution in [-0.2, 0) is 0 Å². The van der Waals surface area contributed by atoms with Crippen molar-refractivity contribution in [3.8, 4) is 0 Å². The molecule has 0 spiro atoms. The lowest BCUT2D eigenvalue weighted by molar-refractivity contribution is 0.334. The molecule has 0 N–H and O–H groups in total. The van der Waals surface area contributed by atoms with E-state index < -0.39 is 0 Å². The van der Waals surface area contributed by atoms with Gasteiger partial charge in [-0.05, 0) is 20.0 Å². The van der Waals surface area contributed by atoms with Crippen molar-refractivity contribution in [2.45, 2.75) is 61.8 Å². The summed E-state index contributed by atoms with van der Waals surface area (Å²) in [6, 6.07) is 0. The molecule has 0 saturated heterocycles. The zero-order valence-corrected chi connectivity index (χ0v) is 12.4. The Bertz CT molecular complexity index is 51.2. The molecule has 0 aromatic carbocycles. The molecule has 0 aliphatic carbocycles. The molecule has 0 aromatic heterocycles. The highest BCUT2D eigenvalue weighted by Crippen LogP contribution is 1.99. The Hall–Kier alpha value is -0.0400. The second kappa shape index (κ2) is 29.3. The quantitative estimate of drug-likeness (QED) is 0.647. The highest BCUT2D eigenvalue weighted by Gasteiger charge is 1.97. The summed E-state index contributed by atoms with van der Waals surface area (Å²) in [6.07, 6.45) is 1.29. The van der Waals surface area contributed by atoms with Crippen LogP contribution in [-0.4, -0.2) is 25.5 Å². The molecule has 1 heteroatoms. The summed E-state index contributed by atoms with van der Waals surface area (Å²) >= 11 is 0. The number of rotatable bonds is 3. The van der Waals surface area contributed by atoms with Crippen molar-refractivity contribution in [2.75, 3.05) is 20.6 Å². The van der Waals surface area contributed by atoms with E-state index in [1.54, 1.807) is 0 Å². The lowest BCUT2D eigenvalue weighted by atomic mass is 10.1. The molecule has 0 fully saturated rings. The van der Waals surface area contributed by atoms with Crippen molar-refractivity contribution in [2.24, 2.45) is 5.92 Å². The van der Waals surface area contributed by atoms with E-state index in [9.17, 15) is 0 Å². The molecule has 0 aliphatic rings. The maximum Gasteiger partial charge on any atom is 0.0000818 e. The third-order valence-electron chi connectivity index (χ3n) is 1.37. The van der Waals surface area contributed by atoms with Crippen LogP contribution in [0.4, 0.5) is 0 Å². The maximum absolute atomic E-state index is 2.28. The molecule has 0 bridgehead atoms. The summed E-state index contributed by atoms with van der Waals surface area (Å²) in [5.74, 6) is 0.852. The zero-order valence-electron chi connectivity index (χ0n) is 12.4. The van der Waals surface area contributed by atoms with Gasteiger partial charge in [0.1, 0.15) is 0 Å². The SMILES string of the molecule is CC.CC.CC.CCC(C)CN(C)C. The van der Waals surface area contributed by atoms with E-state index in [-0.39, 0.29) is 0 Å². The van der Waals surface area contributed by atoms with Crippen LogP contribution in [0.2, 0.25) is 0 Å². The Morgan fingerprint density at radius 3 is 1.21 bits per heavy atom. The average Bonchev–Trinajstić information content (AvgIpc) is 2.25. The van der Waals surface area contributed by atoms with E-state index in [4.69, 9.17) is 0 Å². The minimum absolute atomic E-state index is 0.852. The van der Waals surface area contributed by atoms with Crippen LogP contribution in [0.25, 0.3) is 0 Å². The maximum atomic E-state index is 2.28. The normalized spacial score (nSPS) is 9.64. The van der Waals surface area contributed by atoms with E-state index in [0.29, 0.717) is 0 Å². The van der Waals surface area contributed by atoms with Gasteiger partial charge in [-0.2, -0.15) is 0 Å². The first kappa shape index (κ1) is 23.6. The molecule has 14 heavy (non-hydrogen) atoms. The summed E-state index contributed by atoms with van der Waals surface area (Å²) < 4.78 is 0. The average molecular weight is 205 g/mol. The van der Waals surface area contributed by atoms with Gasteiger partial charge in [0.25, 0.3) is 0 Å². The standard InChI is InChI=1S/C7H17N.3C2H6/c1-5-7(2)6-8(3)4;3*1-2/h7H,5-6H2,1-4H3;3*1-2H3. The second-order valence-electron chi connectivity index (χ2n) is 2.78. The van der Waals surface area contributed by atoms with Gasteiger partial charge in [0, 0.05) is 6.54 Å². The summed E-state index contributed by atoms with van der Waals surface area (Å²) in [4.78, 5) is 2.23. The molecule has 0 aromatic rings. The van der Waals surface area contributed by atoms with E-state index in [0.717, 1.165) is 5.92 Å². The molecule has 0 rings (SSSR count). The lowest BCUT2D eigenvalue weighted by Crippen LogP contribution is -2.18. The number of hydrogen-bond donors (Lipinski definition) is 0. The highest BCUT2D eigenvalue weighted by molar-refractivity contribution is 4.51. The Morgan fingerprint density at radius 2 is 1.14 bits per heavy atom. The fourth-order valence-electron chi connectivity index (χ4n) is 0.752. The third kappa shape index (κ3) is 40.4. The second-order valence-corrected chi connectivity index (χ2v) is 2.78. The van der Waals surface area contributed by atoms with Crippen LogP contribution in [0.15, 0.2) is 0 Å². The molecule has 0 amide bonds. The van der Waals surface area contributed by atoms with Crippen LogP contribution in [0, 0.1) is 5.92 Å². The van der Waals surface area contributed by atoms with E-state index in [1.165, 1.54) is 13.0 Å². The van der Waals surface area contributed by atoms with Gasteiger partial charge in [0.05, 0.1) is 0 Å². The Morgan fingerprint density at radius 1 is 0.857 bits per heavy atom. The van der Waals surface area contributed by atoms with Crippen molar-refractivity contribution >= 4 is 0 Å². The van der Waals surface area contributed by atoms with Gasteiger partial charge >= 0.3 is 0 Å². The fraction of sp³-hybridized carbons (Fsp3) is 1.00. The van der Waals surface area contributed by atoms with Crippen molar-refractivity contribution < 1.29 is 0 Å². The molecule has 0 radical (unpaired) electrons. The Kier molecular flexibility index (Phi) is 49.4. The van der Waals surface area contributed by atoms with Crippen LogP contribution in [0.5, 0.6) is 0 Å². The highest BCUT2D eigenvalue weighted by atomic mass is 15.0. The van der Waals surface area contributed by atoms with Gasteiger partial charge < -0.3 is 4.90 Å². The van der Waals surface area contributed by atoms with Crippen LogP contribution in [0.1, 0.15) is 61.8 Å². The fourth-order valence-corrected chi connectivity index (χ4v) is 0.752. The molecule has 0 heterocycles. The molecule has 0 aliphatic heterocycles. The smallest absolute Gasteiger partial charge is 0.0000818 e. The van der Waals surface area contributed by atoms with Gasteiger partial charge in [-0.25, -0.2) is 0 Å². The van der Waals surface area contributed by atoms with Gasteiger partial charge in [-0.1, -0.05) is 61.8 Å². The predicted molar refractivity (Wildman–Crippen MR) is 72.1 cm³/mol. The Labute approximate surface area is 93.9 Å². The predicted octanol–water partition coefficient (Wildman–Crippen LogP) is 4.67. The van der Waals surface area contributed by atoms with Crippen molar-refractivity contribution in [3.63, 3.8) is 0 Å². The minimum Gasteiger partial charge on any atom is -0.309 e. The largest absolute Gasteiger partial charge is 0.309 e. The first-order valence-corrected chi connectivity index (χ1v) is 6.31. The molecule has 0 saturated carbocycles. The summed E-state index contributed by atoms with van der Waals surface area (Å²) in [5.41, 5.74) is 0. The van der Waals surface area contributed by atoms with E-state index in [1.807, 2.05) is 41.5 Å². The monoisotopic (exact) mass is 205 g/mol.